The van der Waals surface area contributed by atoms with Crippen molar-refractivity contribution >= 4 is 17.3 Å². The Morgan fingerprint density at radius 3 is 2.62 bits per heavy atom. The first-order valence-electron chi connectivity index (χ1n) is 8.85. The second-order valence-corrected chi connectivity index (χ2v) is 6.59. The number of ether oxygens (including phenoxy) is 2. The van der Waals surface area contributed by atoms with Gasteiger partial charge in [0.1, 0.15) is 17.2 Å². The smallest absolute Gasteiger partial charge is 0.274 e. The molecular weight excluding hydrogens is 330 g/mol. The molecule has 6 heteroatoms. The Morgan fingerprint density at radius 2 is 1.92 bits per heavy atom. The molecule has 6 nitrogen and oxygen atoms in total. The fourth-order valence-electron chi connectivity index (χ4n) is 3.11. The summed E-state index contributed by atoms with van der Waals surface area (Å²) in [7, 11) is 3.14. The molecular formula is C20H25N3O3. The summed E-state index contributed by atoms with van der Waals surface area (Å²) in [5, 5.41) is 2.86. The average Bonchev–Trinajstić information content (AvgIpc) is 2.68. The minimum absolute atomic E-state index is 0.274. The van der Waals surface area contributed by atoms with Gasteiger partial charge >= 0.3 is 0 Å². The maximum Gasteiger partial charge on any atom is 0.274 e. The number of methoxy groups -OCH3 is 2. The van der Waals surface area contributed by atoms with Crippen molar-refractivity contribution in [1.82, 2.24) is 4.98 Å². The molecule has 1 aromatic carbocycles. The van der Waals surface area contributed by atoms with E-state index in [0.29, 0.717) is 22.9 Å². The molecule has 1 N–H and O–H groups in total. The van der Waals surface area contributed by atoms with E-state index in [2.05, 4.69) is 22.1 Å². The Bertz CT molecular complexity index is 771. The number of rotatable bonds is 5. The molecule has 0 bridgehead atoms. The van der Waals surface area contributed by atoms with E-state index in [1.54, 1.807) is 38.6 Å². The molecule has 0 atom stereocenters. The monoisotopic (exact) mass is 355 g/mol. The lowest BCUT2D eigenvalue weighted by Gasteiger charge is -2.32. The van der Waals surface area contributed by atoms with Gasteiger partial charge in [-0.2, -0.15) is 0 Å². The molecule has 1 fully saturated rings. The molecule has 0 aliphatic carbocycles. The quantitative estimate of drug-likeness (QED) is 0.888. The number of pyridine rings is 1. The van der Waals surface area contributed by atoms with Gasteiger partial charge in [-0.05, 0) is 43.0 Å². The lowest BCUT2D eigenvalue weighted by molar-refractivity contribution is 0.102. The van der Waals surface area contributed by atoms with E-state index in [-0.39, 0.29) is 5.91 Å². The zero-order chi connectivity index (χ0) is 18.5. The first-order valence-corrected chi connectivity index (χ1v) is 8.85. The minimum atomic E-state index is -0.274. The van der Waals surface area contributed by atoms with E-state index in [4.69, 9.17) is 9.47 Å². The second-order valence-electron chi connectivity index (χ2n) is 6.59. The van der Waals surface area contributed by atoms with Crippen LogP contribution in [0.15, 0.2) is 36.5 Å². The van der Waals surface area contributed by atoms with Crippen LogP contribution in [0.5, 0.6) is 11.5 Å². The van der Waals surface area contributed by atoms with Crippen LogP contribution in [-0.4, -0.2) is 38.2 Å². The van der Waals surface area contributed by atoms with E-state index in [0.717, 1.165) is 24.7 Å². The summed E-state index contributed by atoms with van der Waals surface area (Å²) in [4.78, 5) is 19.2. The predicted octanol–water partition coefficient (Wildman–Crippen LogP) is 3.59. The third kappa shape index (κ3) is 4.07. The van der Waals surface area contributed by atoms with Crippen LogP contribution in [0, 0.1) is 5.92 Å². The van der Waals surface area contributed by atoms with E-state index in [1.165, 1.54) is 12.8 Å². The number of anilines is 2. The van der Waals surface area contributed by atoms with E-state index in [9.17, 15) is 4.79 Å². The normalized spacial score (nSPS) is 14.8. The van der Waals surface area contributed by atoms with Crippen molar-refractivity contribution < 1.29 is 14.3 Å². The zero-order valence-electron chi connectivity index (χ0n) is 15.5. The fourth-order valence-corrected chi connectivity index (χ4v) is 3.11. The standard InChI is InChI=1S/C20H25N3O3/c1-14-7-10-23(11-8-14)15-6-9-21-18(12-15)20(24)22-17-13-16(25-2)4-5-19(17)26-3/h4-6,9,12-14H,7-8,10-11H2,1-3H3,(H,22,24). The molecule has 1 aliphatic heterocycles. The Balaban J connectivity index is 1.77. The number of hydrogen-bond donors (Lipinski definition) is 1. The molecule has 0 saturated carbocycles. The van der Waals surface area contributed by atoms with Crippen molar-refractivity contribution in [2.75, 3.05) is 37.5 Å². The zero-order valence-corrected chi connectivity index (χ0v) is 15.5. The van der Waals surface area contributed by atoms with Crippen LogP contribution >= 0.6 is 0 Å². The molecule has 0 unspecified atom stereocenters. The topological polar surface area (TPSA) is 63.7 Å². The molecule has 0 spiro atoms. The largest absolute Gasteiger partial charge is 0.497 e. The molecule has 3 rings (SSSR count). The molecule has 1 saturated heterocycles. The number of nitrogens with one attached hydrogen (secondary N) is 1. The van der Waals surface area contributed by atoms with Gasteiger partial charge in [0.25, 0.3) is 5.91 Å². The molecule has 26 heavy (non-hydrogen) atoms. The van der Waals surface area contributed by atoms with Crippen LogP contribution < -0.4 is 19.7 Å². The van der Waals surface area contributed by atoms with Gasteiger partial charge in [0, 0.05) is 31.0 Å². The molecule has 138 valence electrons. The van der Waals surface area contributed by atoms with E-state index >= 15 is 0 Å². The van der Waals surface area contributed by atoms with Gasteiger partial charge in [-0.15, -0.1) is 0 Å². The van der Waals surface area contributed by atoms with Gasteiger partial charge in [0.15, 0.2) is 0 Å². The first kappa shape index (κ1) is 18.0. The van der Waals surface area contributed by atoms with E-state index < -0.39 is 0 Å². The number of benzene rings is 1. The lowest BCUT2D eigenvalue weighted by atomic mass is 9.99. The molecule has 1 aliphatic rings. The number of amides is 1. The van der Waals surface area contributed by atoms with Crippen molar-refractivity contribution in [3.8, 4) is 11.5 Å². The summed E-state index contributed by atoms with van der Waals surface area (Å²) in [5.74, 6) is 1.70. The van der Waals surface area contributed by atoms with Crippen LogP contribution in [0.3, 0.4) is 0 Å². The van der Waals surface area contributed by atoms with Gasteiger partial charge in [-0.25, -0.2) is 0 Å². The molecule has 1 amide bonds. The molecule has 2 heterocycles. The molecule has 0 radical (unpaired) electrons. The van der Waals surface area contributed by atoms with Crippen LogP contribution in [0.1, 0.15) is 30.3 Å². The predicted molar refractivity (Wildman–Crippen MR) is 102 cm³/mol. The number of piperidine rings is 1. The minimum Gasteiger partial charge on any atom is -0.497 e. The summed E-state index contributed by atoms with van der Waals surface area (Å²) in [6, 6.07) is 9.07. The van der Waals surface area contributed by atoms with Gasteiger partial charge in [-0.1, -0.05) is 6.92 Å². The van der Waals surface area contributed by atoms with Gasteiger partial charge < -0.3 is 19.7 Å². The number of nitrogens with zero attached hydrogens (tertiary/aromatic N) is 2. The number of carbonyl (C=O) groups excluding carboxylic acids is 1. The highest BCUT2D eigenvalue weighted by Crippen LogP contribution is 2.29. The third-order valence-corrected chi connectivity index (χ3v) is 4.78. The number of hydrogen-bond acceptors (Lipinski definition) is 5. The van der Waals surface area contributed by atoms with E-state index in [1.807, 2.05) is 12.1 Å². The van der Waals surface area contributed by atoms with Gasteiger partial charge in [-0.3, -0.25) is 9.78 Å². The van der Waals surface area contributed by atoms with Crippen LogP contribution in [0.25, 0.3) is 0 Å². The fraction of sp³-hybridized carbons (Fsp3) is 0.400. The Labute approximate surface area is 154 Å². The molecule has 1 aromatic heterocycles. The lowest BCUT2D eigenvalue weighted by Crippen LogP contribution is -2.33. The van der Waals surface area contributed by atoms with Gasteiger partial charge in [0.2, 0.25) is 0 Å². The van der Waals surface area contributed by atoms with Gasteiger partial charge in [0.05, 0.1) is 19.9 Å². The van der Waals surface area contributed by atoms with Crippen LogP contribution in [0.2, 0.25) is 0 Å². The second kappa shape index (κ2) is 8.08. The Kier molecular flexibility index (Phi) is 5.61. The highest BCUT2D eigenvalue weighted by Gasteiger charge is 2.18. The maximum absolute atomic E-state index is 12.7. The summed E-state index contributed by atoms with van der Waals surface area (Å²) in [6.07, 6.45) is 4.03. The van der Waals surface area contributed by atoms with Crippen LogP contribution in [0.4, 0.5) is 11.4 Å². The highest BCUT2D eigenvalue weighted by atomic mass is 16.5. The summed E-state index contributed by atoms with van der Waals surface area (Å²) >= 11 is 0. The summed E-state index contributed by atoms with van der Waals surface area (Å²) < 4.78 is 10.5. The van der Waals surface area contributed by atoms with Crippen molar-refractivity contribution in [3.05, 3.63) is 42.2 Å². The summed E-state index contributed by atoms with van der Waals surface area (Å²) in [6.45, 7) is 4.30. The van der Waals surface area contributed by atoms with Crippen molar-refractivity contribution in [2.45, 2.75) is 19.8 Å². The average molecular weight is 355 g/mol. The number of aromatic nitrogens is 1. The van der Waals surface area contributed by atoms with Crippen LogP contribution in [-0.2, 0) is 0 Å². The van der Waals surface area contributed by atoms with Crippen molar-refractivity contribution in [3.63, 3.8) is 0 Å². The van der Waals surface area contributed by atoms with Crippen molar-refractivity contribution in [1.29, 1.82) is 0 Å². The Hall–Kier alpha value is -2.76. The Morgan fingerprint density at radius 1 is 1.15 bits per heavy atom. The third-order valence-electron chi connectivity index (χ3n) is 4.78. The first-order chi connectivity index (χ1) is 12.6. The van der Waals surface area contributed by atoms with Crippen molar-refractivity contribution in [2.24, 2.45) is 5.92 Å². The summed E-state index contributed by atoms with van der Waals surface area (Å²) in [5.41, 5.74) is 1.97. The maximum atomic E-state index is 12.7. The highest BCUT2D eigenvalue weighted by molar-refractivity contribution is 6.04. The number of carbonyl (C=O) groups is 1. The molecule has 2 aromatic rings. The SMILES string of the molecule is COc1ccc(OC)c(NC(=O)c2cc(N3CCC(C)CC3)ccn2)c1.